The topological polar surface area (TPSA) is 83.0 Å². The second kappa shape index (κ2) is 4.10. The smallest absolute Gasteiger partial charge is 0.308 e. The molecule has 0 amide bonds. The van der Waals surface area contributed by atoms with Gasteiger partial charge in [-0.25, -0.2) is 4.98 Å². The fraction of sp³-hybridized carbons (Fsp3) is 0.0833. The maximum Gasteiger partial charge on any atom is 0.308 e. The first-order chi connectivity index (χ1) is 8.11. The minimum absolute atomic E-state index is 0.162. The number of nitrogens with one attached hydrogen (secondary N) is 1. The third kappa shape index (κ3) is 2.01. The fourth-order valence-corrected chi connectivity index (χ4v) is 1.58. The number of rotatable bonds is 2. The Morgan fingerprint density at radius 3 is 3.00 bits per heavy atom. The van der Waals surface area contributed by atoms with Crippen LogP contribution in [0.2, 0.25) is 0 Å². The summed E-state index contributed by atoms with van der Waals surface area (Å²) in [7, 11) is 0. The Morgan fingerprint density at radius 1 is 1.59 bits per heavy atom. The van der Waals surface area contributed by atoms with Crippen molar-refractivity contribution < 1.29 is 9.90 Å². The van der Waals surface area contributed by atoms with Crippen molar-refractivity contribution in [3.63, 3.8) is 0 Å². The molecule has 0 unspecified atom stereocenters. The number of fused-ring (bicyclic) bond motifs is 1. The highest BCUT2D eigenvalue weighted by molar-refractivity contribution is 5.84. The van der Waals surface area contributed by atoms with Crippen LogP contribution in [0.1, 0.15) is 11.3 Å². The average Bonchev–Trinajstić information content (AvgIpc) is 2.28. The molecule has 0 fully saturated rings. The average molecular weight is 228 g/mol. The lowest BCUT2D eigenvalue weighted by molar-refractivity contribution is -0.136. The molecule has 84 valence electrons. The van der Waals surface area contributed by atoms with Crippen molar-refractivity contribution in [2.24, 2.45) is 0 Å². The van der Waals surface area contributed by atoms with Crippen LogP contribution in [0.4, 0.5) is 0 Å². The molecule has 2 rings (SSSR count). The fourth-order valence-electron chi connectivity index (χ4n) is 1.58. The SMILES string of the molecule is C#Cc1nccc2[nH]c(=O)c(CC(=O)O)cc12. The van der Waals surface area contributed by atoms with Crippen molar-refractivity contribution in [2.75, 3.05) is 0 Å². The summed E-state index contributed by atoms with van der Waals surface area (Å²) >= 11 is 0. The molecule has 0 aliphatic rings. The predicted molar refractivity (Wildman–Crippen MR) is 61.6 cm³/mol. The van der Waals surface area contributed by atoms with Gasteiger partial charge in [0.05, 0.1) is 11.9 Å². The van der Waals surface area contributed by atoms with Crippen molar-refractivity contribution in [3.05, 3.63) is 39.9 Å². The number of nitrogens with zero attached hydrogens (tertiary/aromatic N) is 1. The van der Waals surface area contributed by atoms with Gasteiger partial charge in [-0.1, -0.05) is 0 Å². The largest absolute Gasteiger partial charge is 0.481 e. The number of carbonyl (C=O) groups is 1. The maximum atomic E-state index is 11.6. The molecule has 0 saturated carbocycles. The normalized spacial score (nSPS) is 10.1. The number of hydrogen-bond donors (Lipinski definition) is 2. The molecule has 0 radical (unpaired) electrons. The van der Waals surface area contributed by atoms with E-state index in [4.69, 9.17) is 11.5 Å². The van der Waals surface area contributed by atoms with E-state index in [1.165, 1.54) is 12.3 Å². The molecule has 5 nitrogen and oxygen atoms in total. The van der Waals surface area contributed by atoms with Gasteiger partial charge in [-0.3, -0.25) is 9.59 Å². The zero-order valence-corrected chi connectivity index (χ0v) is 8.73. The van der Waals surface area contributed by atoms with Gasteiger partial charge in [0.15, 0.2) is 0 Å². The second-order valence-electron chi connectivity index (χ2n) is 3.46. The number of aromatic nitrogens is 2. The Bertz CT molecular complexity index is 695. The third-order valence-electron chi connectivity index (χ3n) is 2.33. The van der Waals surface area contributed by atoms with E-state index >= 15 is 0 Å². The second-order valence-corrected chi connectivity index (χ2v) is 3.46. The summed E-state index contributed by atoms with van der Waals surface area (Å²) in [6.07, 6.45) is 6.43. The lowest BCUT2D eigenvalue weighted by Gasteiger charge is -2.02. The Labute approximate surface area is 96.1 Å². The van der Waals surface area contributed by atoms with E-state index in [1.807, 2.05) is 0 Å². The summed E-state index contributed by atoms with van der Waals surface area (Å²) in [6.45, 7) is 0. The Hall–Kier alpha value is -2.61. The molecule has 0 atom stereocenters. The molecule has 0 aliphatic heterocycles. The number of H-pyrrole nitrogens is 1. The number of pyridine rings is 2. The van der Waals surface area contributed by atoms with Crippen LogP contribution in [0.25, 0.3) is 10.9 Å². The van der Waals surface area contributed by atoms with Crippen LogP contribution in [-0.4, -0.2) is 21.0 Å². The molecule has 0 spiro atoms. The van der Waals surface area contributed by atoms with Crippen LogP contribution in [0.5, 0.6) is 0 Å². The summed E-state index contributed by atoms with van der Waals surface area (Å²) < 4.78 is 0. The van der Waals surface area contributed by atoms with E-state index in [9.17, 15) is 9.59 Å². The first kappa shape index (κ1) is 10.9. The Morgan fingerprint density at radius 2 is 2.35 bits per heavy atom. The molecule has 0 saturated heterocycles. The van der Waals surface area contributed by atoms with Crippen LogP contribution in [0, 0.1) is 12.3 Å². The van der Waals surface area contributed by atoms with Gasteiger partial charge in [-0.05, 0) is 18.1 Å². The molecule has 2 aromatic heterocycles. The van der Waals surface area contributed by atoms with Crippen LogP contribution in [0.15, 0.2) is 23.1 Å². The van der Waals surface area contributed by atoms with Crippen molar-refractivity contribution in [3.8, 4) is 12.3 Å². The van der Waals surface area contributed by atoms with Gasteiger partial charge >= 0.3 is 5.97 Å². The molecule has 0 aliphatic carbocycles. The highest BCUT2D eigenvalue weighted by Gasteiger charge is 2.09. The summed E-state index contributed by atoms with van der Waals surface area (Å²) in [5.74, 6) is 1.32. The van der Waals surface area contributed by atoms with Gasteiger partial charge in [-0.15, -0.1) is 6.42 Å². The van der Waals surface area contributed by atoms with Crippen molar-refractivity contribution in [2.45, 2.75) is 6.42 Å². The lowest BCUT2D eigenvalue weighted by atomic mass is 10.1. The number of aromatic amines is 1. The van der Waals surface area contributed by atoms with Crippen molar-refractivity contribution in [1.29, 1.82) is 0 Å². The zero-order chi connectivity index (χ0) is 12.4. The van der Waals surface area contributed by atoms with Gasteiger partial charge in [-0.2, -0.15) is 0 Å². The number of aliphatic carboxylic acids is 1. The Kier molecular flexibility index (Phi) is 2.63. The molecule has 0 aromatic carbocycles. The quantitative estimate of drug-likeness (QED) is 0.734. The third-order valence-corrected chi connectivity index (χ3v) is 2.33. The minimum atomic E-state index is -1.07. The minimum Gasteiger partial charge on any atom is -0.481 e. The van der Waals surface area contributed by atoms with E-state index in [-0.39, 0.29) is 12.0 Å². The van der Waals surface area contributed by atoms with Crippen LogP contribution in [0.3, 0.4) is 0 Å². The van der Waals surface area contributed by atoms with Crippen LogP contribution in [-0.2, 0) is 11.2 Å². The molecular weight excluding hydrogens is 220 g/mol. The first-order valence-corrected chi connectivity index (χ1v) is 4.81. The summed E-state index contributed by atoms with van der Waals surface area (Å²) in [5, 5.41) is 9.26. The van der Waals surface area contributed by atoms with E-state index in [0.29, 0.717) is 16.6 Å². The molecule has 0 bridgehead atoms. The van der Waals surface area contributed by atoms with Gasteiger partial charge in [0.25, 0.3) is 5.56 Å². The van der Waals surface area contributed by atoms with Gasteiger partial charge in [0.1, 0.15) is 5.69 Å². The molecule has 2 heterocycles. The molecular formula is C12H8N2O3. The molecule has 17 heavy (non-hydrogen) atoms. The standard InChI is InChI=1S/C12H8N2O3/c1-2-9-8-5-7(6-11(15)16)12(17)14-10(8)3-4-13-9/h1,3-5H,6H2,(H,14,17)(H,15,16). The van der Waals surface area contributed by atoms with Gasteiger partial charge in [0.2, 0.25) is 0 Å². The number of carboxylic acid groups (broad SMARTS) is 1. The van der Waals surface area contributed by atoms with E-state index < -0.39 is 11.5 Å². The van der Waals surface area contributed by atoms with E-state index in [1.54, 1.807) is 6.07 Å². The zero-order valence-electron chi connectivity index (χ0n) is 8.73. The highest BCUT2D eigenvalue weighted by Crippen LogP contribution is 2.13. The Balaban J connectivity index is 2.74. The first-order valence-electron chi connectivity index (χ1n) is 4.81. The van der Waals surface area contributed by atoms with Crippen LogP contribution >= 0.6 is 0 Å². The summed E-state index contributed by atoms with van der Waals surface area (Å²) in [4.78, 5) is 28.7. The predicted octanol–water partition coefficient (Wildman–Crippen LogP) is 0.531. The van der Waals surface area contributed by atoms with Gasteiger partial charge in [0, 0.05) is 17.1 Å². The summed E-state index contributed by atoms with van der Waals surface area (Å²) in [5.41, 5.74) is 0.668. The van der Waals surface area contributed by atoms with E-state index in [2.05, 4.69) is 15.9 Å². The van der Waals surface area contributed by atoms with Crippen LogP contribution < -0.4 is 5.56 Å². The number of hydrogen-bond acceptors (Lipinski definition) is 3. The molecule has 2 aromatic rings. The molecule has 2 N–H and O–H groups in total. The monoisotopic (exact) mass is 228 g/mol. The molecule has 5 heteroatoms. The van der Waals surface area contributed by atoms with Crippen molar-refractivity contribution >= 4 is 16.9 Å². The highest BCUT2D eigenvalue weighted by atomic mass is 16.4. The number of terminal acetylenes is 1. The van der Waals surface area contributed by atoms with E-state index in [0.717, 1.165) is 0 Å². The lowest BCUT2D eigenvalue weighted by Crippen LogP contribution is -2.16. The summed E-state index contributed by atoms with van der Waals surface area (Å²) in [6, 6.07) is 3.09. The van der Waals surface area contributed by atoms with Gasteiger partial charge < -0.3 is 10.1 Å². The maximum absolute atomic E-state index is 11.6. The van der Waals surface area contributed by atoms with Crippen molar-refractivity contribution in [1.82, 2.24) is 9.97 Å². The number of carboxylic acids is 1.